The van der Waals surface area contributed by atoms with E-state index in [4.69, 9.17) is 4.74 Å². The van der Waals surface area contributed by atoms with E-state index in [-0.39, 0.29) is 6.04 Å². The van der Waals surface area contributed by atoms with E-state index >= 15 is 0 Å². The Morgan fingerprint density at radius 1 is 1.39 bits per heavy atom. The number of nitrogens with one attached hydrogen (secondary N) is 2. The lowest BCUT2D eigenvalue weighted by Gasteiger charge is -2.14. The molecule has 0 saturated carbocycles. The van der Waals surface area contributed by atoms with Crippen molar-refractivity contribution in [3.63, 3.8) is 0 Å². The standard InChI is InChI=1S/C13H18N4O/c1-3-18-12-7-5-4-6-11(12)8-14-10(2)13-15-9-16-17-13/h4-7,9-10,14H,3,8H2,1-2H3,(H,15,16,17). The van der Waals surface area contributed by atoms with Crippen LogP contribution in [0.1, 0.15) is 31.3 Å². The Bertz CT molecular complexity index is 470. The van der Waals surface area contributed by atoms with E-state index < -0.39 is 0 Å². The van der Waals surface area contributed by atoms with E-state index in [2.05, 4.69) is 26.6 Å². The first kappa shape index (κ1) is 12.6. The van der Waals surface area contributed by atoms with Crippen molar-refractivity contribution in [3.05, 3.63) is 42.0 Å². The number of benzene rings is 1. The summed E-state index contributed by atoms with van der Waals surface area (Å²) in [6, 6.07) is 8.17. The topological polar surface area (TPSA) is 62.8 Å². The number of nitrogens with zero attached hydrogens (tertiary/aromatic N) is 2. The molecule has 2 N–H and O–H groups in total. The number of rotatable bonds is 6. The van der Waals surface area contributed by atoms with Gasteiger partial charge in [-0.25, -0.2) is 4.98 Å². The number of hydrogen-bond donors (Lipinski definition) is 2. The molecule has 0 fully saturated rings. The van der Waals surface area contributed by atoms with Gasteiger partial charge in [0.2, 0.25) is 0 Å². The summed E-state index contributed by atoms with van der Waals surface area (Å²) in [6.07, 6.45) is 1.52. The van der Waals surface area contributed by atoms with Crippen molar-refractivity contribution in [2.45, 2.75) is 26.4 Å². The summed E-state index contributed by atoms with van der Waals surface area (Å²) in [7, 11) is 0. The largest absolute Gasteiger partial charge is 0.494 e. The van der Waals surface area contributed by atoms with Gasteiger partial charge in [0, 0.05) is 12.1 Å². The van der Waals surface area contributed by atoms with Crippen molar-refractivity contribution in [3.8, 4) is 5.75 Å². The zero-order valence-electron chi connectivity index (χ0n) is 10.7. The van der Waals surface area contributed by atoms with Crippen LogP contribution in [0, 0.1) is 0 Å². The van der Waals surface area contributed by atoms with Gasteiger partial charge in [-0.2, -0.15) is 5.10 Å². The van der Waals surface area contributed by atoms with Gasteiger partial charge in [-0.15, -0.1) is 0 Å². The average Bonchev–Trinajstić information content (AvgIpc) is 2.92. The van der Waals surface area contributed by atoms with Crippen molar-refractivity contribution < 1.29 is 4.74 Å². The monoisotopic (exact) mass is 246 g/mol. The zero-order chi connectivity index (χ0) is 12.8. The lowest BCUT2D eigenvalue weighted by atomic mass is 10.2. The molecule has 1 aromatic carbocycles. The van der Waals surface area contributed by atoms with E-state index in [9.17, 15) is 0 Å². The van der Waals surface area contributed by atoms with E-state index in [1.165, 1.54) is 6.33 Å². The number of aromatic amines is 1. The second kappa shape index (κ2) is 6.16. The molecule has 0 amide bonds. The number of H-pyrrole nitrogens is 1. The molecular formula is C13H18N4O. The van der Waals surface area contributed by atoms with Gasteiger partial charge in [0.05, 0.1) is 12.6 Å². The molecule has 5 nitrogen and oxygen atoms in total. The molecule has 0 aliphatic carbocycles. The highest BCUT2D eigenvalue weighted by Crippen LogP contribution is 2.18. The third kappa shape index (κ3) is 3.07. The molecule has 0 aliphatic heterocycles. The molecule has 1 aromatic heterocycles. The Hall–Kier alpha value is -1.88. The Labute approximate surface area is 107 Å². The Balaban J connectivity index is 1.97. The van der Waals surface area contributed by atoms with E-state index in [1.54, 1.807) is 0 Å². The van der Waals surface area contributed by atoms with Gasteiger partial charge in [-0.05, 0) is 19.9 Å². The van der Waals surface area contributed by atoms with E-state index in [1.807, 2.05) is 32.0 Å². The van der Waals surface area contributed by atoms with Crippen molar-refractivity contribution in [2.24, 2.45) is 0 Å². The summed E-state index contributed by atoms with van der Waals surface area (Å²) in [5, 5.41) is 10.1. The fourth-order valence-corrected chi connectivity index (χ4v) is 1.73. The van der Waals surface area contributed by atoms with Crippen LogP contribution < -0.4 is 10.1 Å². The van der Waals surface area contributed by atoms with Crippen molar-refractivity contribution in [1.82, 2.24) is 20.5 Å². The van der Waals surface area contributed by atoms with E-state index in [0.717, 1.165) is 23.7 Å². The van der Waals surface area contributed by atoms with Crippen molar-refractivity contribution in [1.29, 1.82) is 0 Å². The summed E-state index contributed by atoms with van der Waals surface area (Å²) in [5.41, 5.74) is 1.14. The van der Waals surface area contributed by atoms with Gasteiger partial charge >= 0.3 is 0 Å². The summed E-state index contributed by atoms with van der Waals surface area (Å²) < 4.78 is 5.58. The second-order valence-electron chi connectivity index (χ2n) is 4.01. The molecule has 18 heavy (non-hydrogen) atoms. The van der Waals surface area contributed by atoms with Gasteiger partial charge in [-0.1, -0.05) is 18.2 Å². The second-order valence-corrected chi connectivity index (χ2v) is 4.01. The van der Waals surface area contributed by atoms with Crippen LogP contribution in [-0.2, 0) is 6.54 Å². The van der Waals surface area contributed by atoms with Gasteiger partial charge in [0.15, 0.2) is 0 Å². The molecule has 1 heterocycles. The van der Waals surface area contributed by atoms with Crippen LogP contribution in [0.2, 0.25) is 0 Å². The SMILES string of the molecule is CCOc1ccccc1CNC(C)c1ncn[nH]1. The maximum absolute atomic E-state index is 5.58. The number of para-hydroxylation sites is 1. The molecular weight excluding hydrogens is 228 g/mol. The Morgan fingerprint density at radius 2 is 2.22 bits per heavy atom. The highest BCUT2D eigenvalue weighted by Gasteiger charge is 2.09. The molecule has 0 spiro atoms. The molecule has 0 aliphatic rings. The number of aromatic nitrogens is 3. The van der Waals surface area contributed by atoms with Crippen molar-refractivity contribution >= 4 is 0 Å². The average molecular weight is 246 g/mol. The van der Waals surface area contributed by atoms with Crippen LogP contribution in [0.25, 0.3) is 0 Å². The molecule has 2 aromatic rings. The van der Waals surface area contributed by atoms with Gasteiger partial charge in [0.1, 0.15) is 17.9 Å². The first-order valence-electron chi connectivity index (χ1n) is 6.10. The number of hydrogen-bond acceptors (Lipinski definition) is 4. The first-order chi connectivity index (χ1) is 8.81. The predicted octanol–water partition coefficient (Wildman–Crippen LogP) is 2.05. The van der Waals surface area contributed by atoms with Crippen LogP contribution in [0.5, 0.6) is 5.75 Å². The van der Waals surface area contributed by atoms with Gasteiger partial charge < -0.3 is 10.1 Å². The van der Waals surface area contributed by atoms with Gasteiger partial charge in [0.25, 0.3) is 0 Å². The fourth-order valence-electron chi connectivity index (χ4n) is 1.73. The highest BCUT2D eigenvalue weighted by molar-refractivity contribution is 5.33. The molecule has 0 radical (unpaired) electrons. The summed E-state index contributed by atoms with van der Waals surface area (Å²) in [6.45, 7) is 5.44. The molecule has 1 atom stereocenters. The van der Waals surface area contributed by atoms with E-state index in [0.29, 0.717) is 6.61 Å². The third-order valence-electron chi connectivity index (χ3n) is 2.71. The maximum Gasteiger partial charge on any atom is 0.141 e. The molecule has 96 valence electrons. The molecule has 2 rings (SSSR count). The fraction of sp³-hybridized carbons (Fsp3) is 0.385. The minimum Gasteiger partial charge on any atom is -0.494 e. The number of ether oxygens (including phenoxy) is 1. The van der Waals surface area contributed by atoms with Crippen LogP contribution in [0.3, 0.4) is 0 Å². The van der Waals surface area contributed by atoms with Crippen LogP contribution >= 0.6 is 0 Å². The molecule has 0 bridgehead atoms. The molecule has 5 heteroatoms. The summed E-state index contributed by atoms with van der Waals surface area (Å²) in [5.74, 6) is 1.76. The maximum atomic E-state index is 5.58. The lowest BCUT2D eigenvalue weighted by molar-refractivity contribution is 0.334. The minimum atomic E-state index is 0.127. The Morgan fingerprint density at radius 3 is 2.94 bits per heavy atom. The van der Waals surface area contributed by atoms with Crippen LogP contribution in [-0.4, -0.2) is 21.8 Å². The molecule has 0 saturated heterocycles. The summed E-state index contributed by atoms with van der Waals surface area (Å²) in [4.78, 5) is 4.13. The highest BCUT2D eigenvalue weighted by atomic mass is 16.5. The summed E-state index contributed by atoms with van der Waals surface area (Å²) >= 11 is 0. The van der Waals surface area contributed by atoms with Crippen LogP contribution in [0.4, 0.5) is 0 Å². The molecule has 1 unspecified atom stereocenters. The van der Waals surface area contributed by atoms with Crippen molar-refractivity contribution in [2.75, 3.05) is 6.61 Å². The minimum absolute atomic E-state index is 0.127. The third-order valence-corrected chi connectivity index (χ3v) is 2.71. The zero-order valence-corrected chi connectivity index (χ0v) is 10.7. The van der Waals surface area contributed by atoms with Crippen LogP contribution in [0.15, 0.2) is 30.6 Å². The first-order valence-corrected chi connectivity index (χ1v) is 6.10. The quantitative estimate of drug-likeness (QED) is 0.819. The normalized spacial score (nSPS) is 12.3. The van der Waals surface area contributed by atoms with Gasteiger partial charge in [-0.3, -0.25) is 5.10 Å². The smallest absolute Gasteiger partial charge is 0.141 e. The lowest BCUT2D eigenvalue weighted by Crippen LogP contribution is -2.19. The Kier molecular flexibility index (Phi) is 4.30. The predicted molar refractivity (Wildman–Crippen MR) is 69.2 cm³/mol.